The molecule has 0 radical (unpaired) electrons. The molecule has 2 nitrogen and oxygen atoms in total. The highest BCUT2D eigenvalue weighted by Gasteiger charge is 2.55. The highest BCUT2D eigenvalue weighted by molar-refractivity contribution is 7.96. The minimum Gasteiger partial charge on any atom is -0.401 e. The molecule has 0 bridgehead atoms. The minimum atomic E-state index is -4.81. The topological polar surface area (TPSA) is 21.3 Å². The molecule has 0 aliphatic heterocycles. The number of hydrogen-bond acceptors (Lipinski definition) is 2. The molecule has 0 amide bonds. The number of unbranched alkanes of at least 4 members (excludes halogenated alkanes) is 6. The van der Waals surface area contributed by atoms with Gasteiger partial charge in [-0.05, 0) is 60.6 Å². The predicted molar refractivity (Wildman–Crippen MR) is 284 cm³/mol. The van der Waals surface area contributed by atoms with E-state index < -0.39 is 38.0 Å². The minimum absolute atomic E-state index is 0.0667. The number of para-hydroxylation sites is 1. The van der Waals surface area contributed by atoms with Gasteiger partial charge in [-0.15, -0.1) is 13.2 Å². The first-order chi connectivity index (χ1) is 31.0. The Morgan fingerprint density at radius 1 is 0.531 bits per heavy atom. The van der Waals surface area contributed by atoms with E-state index in [2.05, 4.69) is 119 Å². The Hall–Kier alpha value is -2.28. The predicted octanol–water partition coefficient (Wildman–Crippen LogP) is 15.6. The molecule has 0 spiro atoms. The Balaban J connectivity index is 1.78. The molecular weight excluding hydrogens is 866 g/mol. The second-order valence-corrected chi connectivity index (χ2v) is 34.0. The highest BCUT2D eigenvalue weighted by Crippen LogP contribution is 2.66. The van der Waals surface area contributed by atoms with E-state index >= 15 is 0 Å². The first kappa shape index (κ1) is 52.7. The van der Waals surface area contributed by atoms with Gasteiger partial charge in [-0.1, -0.05) is 251 Å². The number of rotatable bonds is 28. The van der Waals surface area contributed by atoms with Crippen molar-refractivity contribution in [2.75, 3.05) is 0 Å². The average Bonchev–Trinajstić information content (AvgIpc) is 3.32. The van der Waals surface area contributed by atoms with E-state index in [1.54, 1.807) is 22.5 Å². The maximum absolute atomic E-state index is 14.5. The third-order valence-corrected chi connectivity index (χ3v) is 33.1. The van der Waals surface area contributed by atoms with E-state index in [1.165, 1.54) is 124 Å². The highest BCUT2D eigenvalue weighted by atomic mass is 31.2. The zero-order valence-corrected chi connectivity index (χ0v) is 44.4. The maximum atomic E-state index is 14.5. The lowest BCUT2D eigenvalue weighted by atomic mass is 10.0. The second-order valence-electron chi connectivity index (χ2n) is 19.1. The molecule has 1 fully saturated rings. The van der Waals surface area contributed by atoms with Crippen LogP contribution < -0.4 is 41.2 Å². The zero-order valence-electron chi connectivity index (χ0n) is 40.6. The third kappa shape index (κ3) is 13.7. The van der Waals surface area contributed by atoms with Crippen molar-refractivity contribution >= 4 is 63.2 Å². The van der Waals surface area contributed by atoms with Gasteiger partial charge in [0.15, 0.2) is 18.5 Å². The van der Waals surface area contributed by atoms with Gasteiger partial charge in [-0.25, -0.2) is 0 Å². The van der Waals surface area contributed by atoms with Crippen LogP contribution in [-0.2, 0) is 0 Å². The van der Waals surface area contributed by atoms with Gasteiger partial charge in [0, 0.05) is 0 Å². The van der Waals surface area contributed by atoms with Crippen molar-refractivity contribution in [2.24, 2.45) is 0 Å². The normalized spacial score (nSPS) is 15.1. The van der Waals surface area contributed by atoms with Crippen molar-refractivity contribution < 1.29 is 17.9 Å². The van der Waals surface area contributed by atoms with Crippen molar-refractivity contribution in [2.45, 2.75) is 199 Å². The maximum Gasteiger partial charge on any atom is 0.573 e. The smallest absolute Gasteiger partial charge is 0.401 e. The number of ether oxygens (including phenoxy) is 1. The van der Waals surface area contributed by atoms with Gasteiger partial charge in [0.2, 0.25) is 0 Å². The summed E-state index contributed by atoms with van der Waals surface area (Å²) in [6.07, 6.45) is 15.5. The lowest BCUT2D eigenvalue weighted by Gasteiger charge is -2.40. The molecular formula is C55H83F3NOP2Si2+. The molecule has 1 unspecified atom stereocenters. The van der Waals surface area contributed by atoms with E-state index in [-0.39, 0.29) is 11.4 Å². The monoisotopic (exact) mass is 949 g/mol. The van der Waals surface area contributed by atoms with Gasteiger partial charge < -0.3 is 4.74 Å². The lowest BCUT2D eigenvalue weighted by molar-refractivity contribution is -0.274. The van der Waals surface area contributed by atoms with Crippen LogP contribution in [0, 0.1) is 0 Å². The Kier molecular flexibility index (Phi) is 21.7. The van der Waals surface area contributed by atoms with E-state index in [0.717, 1.165) is 37.4 Å². The molecule has 5 rings (SSSR count). The van der Waals surface area contributed by atoms with Gasteiger partial charge in [-0.3, -0.25) is 0 Å². The van der Waals surface area contributed by atoms with Crippen LogP contribution in [0.15, 0.2) is 103 Å². The van der Waals surface area contributed by atoms with Crippen LogP contribution in [0.3, 0.4) is 0 Å². The fourth-order valence-electron chi connectivity index (χ4n) is 10.9. The van der Waals surface area contributed by atoms with Gasteiger partial charge in [0.05, 0.1) is 29.9 Å². The Morgan fingerprint density at radius 3 is 1.31 bits per heavy atom. The van der Waals surface area contributed by atoms with Gasteiger partial charge in [0.1, 0.15) is 5.30 Å². The van der Waals surface area contributed by atoms with Crippen LogP contribution in [0.1, 0.15) is 151 Å². The summed E-state index contributed by atoms with van der Waals surface area (Å²) in [5.41, 5.74) is 0.166. The number of halogens is 3. The second kappa shape index (κ2) is 26.3. The molecule has 0 aromatic heterocycles. The van der Waals surface area contributed by atoms with E-state index in [9.17, 15) is 13.2 Å². The summed E-state index contributed by atoms with van der Waals surface area (Å²) < 4.78 is 48.4. The fraction of sp³-hybridized carbons (Fsp3) is 0.564. The van der Waals surface area contributed by atoms with Crippen molar-refractivity contribution in [3.63, 3.8) is 0 Å². The molecule has 4 aromatic rings. The number of benzene rings is 4. The molecule has 1 aliphatic carbocycles. The summed E-state index contributed by atoms with van der Waals surface area (Å²) in [4.78, 5) is 4.50. The van der Waals surface area contributed by atoms with Crippen molar-refractivity contribution in [1.29, 1.82) is 0 Å². The van der Waals surface area contributed by atoms with Crippen molar-refractivity contribution in [1.82, 2.24) is 4.86 Å². The average molecular weight is 949 g/mol. The van der Waals surface area contributed by atoms with E-state index in [4.69, 9.17) is 4.74 Å². The first-order valence-electron chi connectivity index (χ1n) is 25.6. The van der Waals surface area contributed by atoms with E-state index in [1.807, 2.05) is 18.2 Å². The Morgan fingerprint density at radius 2 is 0.922 bits per heavy atom. The molecule has 1 atom stereocenters. The molecule has 9 heteroatoms. The number of nitrogens with one attached hydrogen (secondary N) is 1. The molecule has 352 valence electrons. The molecule has 4 aromatic carbocycles. The van der Waals surface area contributed by atoms with Gasteiger partial charge in [0.25, 0.3) is 0 Å². The standard InChI is InChI=1S/C55H83F3NOP2Si2/c1-7-13-41-63(42-14-8-2,43-15-9-3)51-37-33-47(34-38-51)61(48-35-39-52(40-36-48)64(44-16-10-4,45-17-11-5)46-18-12-6)59-62(49-27-21-19-22-28-49,50-29-23-20-24-30-50)54-32-26-25-31-53(54)60-55(56,57)58/h19,21-22,25-28,31-40,50,59H,7-18,20,23-24,29-30,41-46H2,1-6H3/q+1. The van der Waals surface area contributed by atoms with Crippen molar-refractivity contribution in [3.05, 3.63) is 103 Å². The first-order valence-corrected chi connectivity index (χ1v) is 34.1. The lowest BCUT2D eigenvalue weighted by Crippen LogP contribution is -2.48. The van der Waals surface area contributed by atoms with Crippen LogP contribution in [-0.4, -0.2) is 28.2 Å². The Bertz CT molecular complexity index is 1790. The van der Waals surface area contributed by atoms with Crippen LogP contribution in [0.25, 0.3) is 0 Å². The summed E-state index contributed by atoms with van der Waals surface area (Å²) >= 11 is 0. The van der Waals surface area contributed by atoms with Crippen LogP contribution >= 0.6 is 15.5 Å². The van der Waals surface area contributed by atoms with Gasteiger partial charge >= 0.3 is 6.36 Å². The van der Waals surface area contributed by atoms with Gasteiger partial charge in [-0.2, -0.15) is 4.86 Å². The summed E-state index contributed by atoms with van der Waals surface area (Å²) in [7, 11) is -7.55. The summed E-state index contributed by atoms with van der Waals surface area (Å²) in [5.74, 6) is -0.0667. The number of alkyl halides is 3. The zero-order chi connectivity index (χ0) is 45.9. The Labute approximate surface area is 392 Å². The number of hydrogen-bond donors (Lipinski definition) is 1. The van der Waals surface area contributed by atoms with Crippen molar-refractivity contribution in [3.8, 4) is 5.75 Å². The largest absolute Gasteiger partial charge is 0.573 e. The molecule has 0 heterocycles. The molecule has 0 saturated heterocycles. The molecule has 1 N–H and O–H groups in total. The third-order valence-electron chi connectivity index (χ3n) is 14.5. The van der Waals surface area contributed by atoms with E-state index in [0.29, 0.717) is 5.30 Å². The summed E-state index contributed by atoms with van der Waals surface area (Å²) in [6, 6.07) is 45.6. The molecule has 1 saturated carbocycles. The summed E-state index contributed by atoms with van der Waals surface area (Å²) in [6.45, 7) is 14.0. The van der Waals surface area contributed by atoms with Crippen LogP contribution in [0.4, 0.5) is 13.2 Å². The molecule has 1 aliphatic rings. The molecule has 64 heavy (non-hydrogen) atoms. The summed E-state index contributed by atoms with van der Waals surface area (Å²) in [5, 5.41) is 7.49. The SMILES string of the molecule is CCCC[Si](CCCC)(CCCC)c1ccc(P(N[P+](c2ccccc2)(c2ccccc2OC(F)(F)F)C2CCCCC2)c2ccc([Si](CCCC)(CCCC)CCCC)cc2)cc1. The van der Waals surface area contributed by atoms with Crippen LogP contribution in [0.2, 0.25) is 36.3 Å². The quantitative estimate of drug-likeness (QED) is 0.0452. The van der Waals surface area contributed by atoms with Crippen LogP contribution in [0.5, 0.6) is 5.75 Å². The fourth-order valence-corrected chi connectivity index (χ4v) is 30.6.